The van der Waals surface area contributed by atoms with Crippen LogP contribution in [0.1, 0.15) is 30.0 Å². The average Bonchev–Trinajstić information content (AvgIpc) is 3.16. The normalized spacial score (nSPS) is 25.7. The van der Waals surface area contributed by atoms with E-state index >= 15 is 0 Å². The maximum Gasteiger partial charge on any atom is 0.250 e. The fraction of sp³-hybridized carbons (Fsp3) is 0.471. The van der Waals surface area contributed by atoms with E-state index in [1.165, 1.54) is 37.7 Å². The van der Waals surface area contributed by atoms with Gasteiger partial charge in [-0.1, -0.05) is 11.8 Å². The minimum Gasteiger partial charge on any atom is -0.463 e. The number of hydrogen-bond acceptors (Lipinski definition) is 6. The molecular weight excluding hydrogens is 308 g/mol. The first-order chi connectivity index (χ1) is 11.4. The van der Waals surface area contributed by atoms with Crippen LogP contribution in [0.15, 0.2) is 24.5 Å². The van der Waals surface area contributed by atoms with Gasteiger partial charge in [0.1, 0.15) is 5.69 Å². The summed E-state index contributed by atoms with van der Waals surface area (Å²) in [7, 11) is 0. The number of aromatic nitrogens is 3. The van der Waals surface area contributed by atoms with Crippen molar-refractivity contribution < 1.29 is 4.74 Å². The molecule has 0 N–H and O–H groups in total. The number of hydrogen-bond donors (Lipinski definition) is 0. The van der Waals surface area contributed by atoms with Crippen LogP contribution in [-0.2, 0) is 0 Å². The summed E-state index contributed by atoms with van der Waals surface area (Å²) in [6.45, 7) is 3.84. The maximum atomic E-state index is 5.78. The van der Waals surface area contributed by atoms with E-state index in [1.807, 2.05) is 12.1 Å². The van der Waals surface area contributed by atoms with E-state index in [1.54, 1.807) is 12.4 Å². The van der Waals surface area contributed by atoms with Gasteiger partial charge in [0, 0.05) is 37.0 Å². The van der Waals surface area contributed by atoms with Crippen molar-refractivity contribution in [2.24, 2.45) is 5.92 Å². The molecule has 0 spiro atoms. The van der Waals surface area contributed by atoms with Crippen molar-refractivity contribution in [1.29, 1.82) is 0 Å². The van der Waals surface area contributed by atoms with Gasteiger partial charge in [-0.15, -0.1) is 4.37 Å². The quantitative estimate of drug-likeness (QED) is 0.809. The van der Waals surface area contributed by atoms with Crippen LogP contribution in [0.4, 0.5) is 0 Å². The minimum atomic E-state index is 0.328. The van der Waals surface area contributed by atoms with Crippen LogP contribution in [0, 0.1) is 17.8 Å². The molecule has 0 saturated carbocycles. The summed E-state index contributed by atoms with van der Waals surface area (Å²) < 4.78 is 14.6. The molecule has 2 bridgehead atoms. The first-order valence-electron chi connectivity index (χ1n) is 7.96. The first-order valence-corrected chi connectivity index (χ1v) is 8.69. The van der Waals surface area contributed by atoms with Crippen LogP contribution >= 0.6 is 11.7 Å². The summed E-state index contributed by atoms with van der Waals surface area (Å²) in [5.41, 5.74) is 1.93. The summed E-state index contributed by atoms with van der Waals surface area (Å²) in [5.74, 6) is 7.91. The van der Waals surface area contributed by atoms with Crippen molar-refractivity contribution in [2.75, 3.05) is 26.2 Å². The second-order valence-electron chi connectivity index (χ2n) is 6.06. The van der Waals surface area contributed by atoms with E-state index in [0.29, 0.717) is 24.3 Å². The molecule has 5 nitrogen and oxygen atoms in total. The Bertz CT molecular complexity index is 721. The molecule has 2 aliphatic heterocycles. The SMILES string of the molecule is C(#Cc1cccnc1)COc1nsnc1[C@@H]1CN2CCC[C@H]1C2. The monoisotopic (exact) mass is 326 g/mol. The van der Waals surface area contributed by atoms with Gasteiger partial charge < -0.3 is 9.64 Å². The second kappa shape index (κ2) is 6.65. The molecule has 2 aromatic rings. The molecule has 2 aliphatic rings. The van der Waals surface area contributed by atoms with Crippen molar-refractivity contribution in [3.05, 3.63) is 35.8 Å². The third kappa shape index (κ3) is 3.21. The zero-order valence-electron chi connectivity index (χ0n) is 12.8. The molecule has 4 heterocycles. The van der Waals surface area contributed by atoms with Gasteiger partial charge in [0.05, 0.1) is 11.7 Å². The second-order valence-corrected chi connectivity index (χ2v) is 6.58. The third-order valence-electron chi connectivity index (χ3n) is 4.57. The van der Waals surface area contributed by atoms with Crippen LogP contribution in [0.25, 0.3) is 0 Å². The van der Waals surface area contributed by atoms with Crippen LogP contribution in [0.5, 0.6) is 5.88 Å². The predicted molar refractivity (Wildman–Crippen MR) is 88.4 cm³/mol. The number of pyridine rings is 1. The Morgan fingerprint density at radius 1 is 1.35 bits per heavy atom. The Balaban J connectivity index is 1.41. The summed E-state index contributed by atoms with van der Waals surface area (Å²) >= 11 is 1.24. The zero-order chi connectivity index (χ0) is 15.5. The molecule has 0 aliphatic carbocycles. The van der Waals surface area contributed by atoms with Gasteiger partial charge in [0.15, 0.2) is 6.61 Å². The van der Waals surface area contributed by atoms with E-state index in [9.17, 15) is 0 Å². The van der Waals surface area contributed by atoms with Crippen molar-refractivity contribution in [1.82, 2.24) is 18.6 Å². The largest absolute Gasteiger partial charge is 0.463 e. The van der Waals surface area contributed by atoms with Crippen LogP contribution in [-0.4, -0.2) is 44.9 Å². The number of nitrogens with zero attached hydrogens (tertiary/aromatic N) is 4. The van der Waals surface area contributed by atoms with Crippen LogP contribution < -0.4 is 4.74 Å². The maximum absolute atomic E-state index is 5.78. The standard InChI is InChI=1S/C17H18N4OS/c1-4-13(10-18-7-1)5-3-9-22-17-16(19-23-20-17)15-12-21-8-2-6-14(15)11-21/h1,4,7,10,14-15H,2,6,8-9,11-12H2/t14-,15+/m0/s1. The molecule has 6 heteroatoms. The predicted octanol–water partition coefficient (Wildman–Crippen LogP) is 2.17. The molecule has 0 amide bonds. The minimum absolute atomic E-state index is 0.328. The van der Waals surface area contributed by atoms with Crippen molar-refractivity contribution in [3.63, 3.8) is 0 Å². The summed E-state index contributed by atoms with van der Waals surface area (Å²) in [6.07, 6.45) is 6.07. The smallest absolute Gasteiger partial charge is 0.250 e. The fourth-order valence-corrected chi connectivity index (χ4v) is 4.08. The zero-order valence-corrected chi connectivity index (χ0v) is 13.6. The summed E-state index contributed by atoms with van der Waals surface area (Å²) in [6, 6.07) is 3.81. The van der Waals surface area contributed by atoms with Crippen molar-refractivity contribution >= 4 is 11.7 Å². The number of rotatable bonds is 3. The summed E-state index contributed by atoms with van der Waals surface area (Å²) in [4.78, 5) is 6.57. The van der Waals surface area contributed by atoms with E-state index in [2.05, 4.69) is 30.5 Å². The Labute approximate surface area is 140 Å². The Morgan fingerprint density at radius 2 is 2.35 bits per heavy atom. The fourth-order valence-electron chi connectivity index (χ4n) is 3.52. The lowest BCUT2D eigenvalue weighted by Gasteiger charge is -2.21. The van der Waals surface area contributed by atoms with Crippen molar-refractivity contribution in [2.45, 2.75) is 18.8 Å². The first kappa shape index (κ1) is 14.6. The molecular formula is C17H18N4OS. The molecule has 2 saturated heterocycles. The number of ether oxygens (including phenoxy) is 1. The van der Waals surface area contributed by atoms with Crippen LogP contribution in [0.3, 0.4) is 0 Å². The molecule has 0 radical (unpaired) electrons. The highest BCUT2D eigenvalue weighted by Crippen LogP contribution is 2.40. The topological polar surface area (TPSA) is 51.1 Å². The molecule has 4 rings (SSSR count). The molecule has 2 aromatic heterocycles. The molecule has 23 heavy (non-hydrogen) atoms. The van der Waals surface area contributed by atoms with E-state index in [0.717, 1.165) is 17.8 Å². The van der Waals surface area contributed by atoms with Gasteiger partial charge in [-0.2, -0.15) is 4.37 Å². The highest BCUT2D eigenvalue weighted by atomic mass is 32.1. The van der Waals surface area contributed by atoms with Gasteiger partial charge >= 0.3 is 0 Å². The Hall–Kier alpha value is -1.97. The Morgan fingerprint density at radius 3 is 3.22 bits per heavy atom. The third-order valence-corrected chi connectivity index (χ3v) is 5.10. The van der Waals surface area contributed by atoms with Crippen molar-refractivity contribution in [3.8, 4) is 17.7 Å². The lowest BCUT2D eigenvalue weighted by Crippen LogP contribution is -2.25. The van der Waals surface area contributed by atoms with Crippen LogP contribution in [0.2, 0.25) is 0 Å². The number of fused-ring (bicyclic) bond motifs is 2. The highest BCUT2D eigenvalue weighted by Gasteiger charge is 2.39. The van der Waals surface area contributed by atoms with Gasteiger partial charge in [0.25, 0.3) is 0 Å². The van der Waals surface area contributed by atoms with Gasteiger partial charge in [-0.25, -0.2) is 0 Å². The highest BCUT2D eigenvalue weighted by molar-refractivity contribution is 6.99. The average molecular weight is 326 g/mol. The van der Waals surface area contributed by atoms with Gasteiger partial charge in [-0.3, -0.25) is 4.98 Å². The van der Waals surface area contributed by atoms with E-state index < -0.39 is 0 Å². The number of piperidine rings is 1. The molecule has 3 atom stereocenters. The molecule has 0 aromatic carbocycles. The molecule has 1 unspecified atom stereocenters. The van der Waals surface area contributed by atoms with Gasteiger partial charge in [0.2, 0.25) is 5.88 Å². The molecule has 118 valence electrons. The lowest BCUT2D eigenvalue weighted by atomic mass is 9.89. The van der Waals surface area contributed by atoms with E-state index in [4.69, 9.17) is 4.74 Å². The Kier molecular flexibility index (Phi) is 4.22. The van der Waals surface area contributed by atoms with Gasteiger partial charge in [-0.05, 0) is 37.4 Å². The lowest BCUT2D eigenvalue weighted by molar-refractivity contribution is 0.269. The summed E-state index contributed by atoms with van der Waals surface area (Å²) in [5, 5.41) is 0. The van der Waals surface area contributed by atoms with E-state index in [-0.39, 0.29) is 0 Å². The molecule has 2 fully saturated rings.